The maximum Gasteiger partial charge on any atom is 0.418 e. The van der Waals surface area contributed by atoms with E-state index in [9.17, 15) is 13.2 Å². The van der Waals surface area contributed by atoms with Crippen LogP contribution in [0.4, 0.5) is 18.9 Å². The van der Waals surface area contributed by atoms with Gasteiger partial charge >= 0.3 is 6.18 Å². The van der Waals surface area contributed by atoms with Gasteiger partial charge in [0.25, 0.3) is 0 Å². The zero-order valence-corrected chi connectivity index (χ0v) is 11.3. The highest BCUT2D eigenvalue weighted by molar-refractivity contribution is 6.30. The van der Waals surface area contributed by atoms with Gasteiger partial charge in [0.2, 0.25) is 0 Å². The van der Waals surface area contributed by atoms with Crippen LogP contribution in [0.15, 0.2) is 48.5 Å². The first-order valence-electron chi connectivity index (χ1n) is 6.11. The average molecular weight is 300 g/mol. The summed E-state index contributed by atoms with van der Waals surface area (Å²) in [5.41, 5.74) is 0.387. The fourth-order valence-electron chi connectivity index (χ4n) is 1.89. The van der Waals surface area contributed by atoms with Crippen LogP contribution in [0.1, 0.15) is 11.1 Å². The first-order chi connectivity index (χ1) is 9.47. The maximum atomic E-state index is 12.9. The van der Waals surface area contributed by atoms with Crippen LogP contribution in [-0.4, -0.2) is 6.54 Å². The molecule has 0 aromatic heterocycles. The van der Waals surface area contributed by atoms with Gasteiger partial charge < -0.3 is 5.32 Å². The topological polar surface area (TPSA) is 12.0 Å². The molecule has 0 unspecified atom stereocenters. The number of nitrogens with one attached hydrogen (secondary N) is 1. The van der Waals surface area contributed by atoms with Crippen LogP contribution in [-0.2, 0) is 12.6 Å². The summed E-state index contributed by atoms with van der Waals surface area (Å²) in [6.45, 7) is 0.425. The second-order valence-corrected chi connectivity index (χ2v) is 4.79. The van der Waals surface area contributed by atoms with Crippen molar-refractivity contribution in [1.29, 1.82) is 0 Å². The minimum absolute atomic E-state index is 0.0535. The molecule has 2 rings (SSSR count). The molecular formula is C15H13ClF3N. The molecule has 20 heavy (non-hydrogen) atoms. The lowest BCUT2D eigenvalue weighted by Gasteiger charge is -2.15. The summed E-state index contributed by atoms with van der Waals surface area (Å²) in [7, 11) is 0. The Morgan fingerprint density at radius 1 is 1.00 bits per heavy atom. The lowest BCUT2D eigenvalue weighted by molar-refractivity contribution is -0.136. The van der Waals surface area contributed by atoms with E-state index in [-0.39, 0.29) is 10.7 Å². The SMILES string of the molecule is FC(F)(F)c1cc(Cl)ccc1NCCc1ccccc1. The lowest BCUT2D eigenvalue weighted by atomic mass is 10.1. The molecule has 0 heterocycles. The molecule has 0 aliphatic rings. The Labute approximate surface area is 120 Å². The van der Waals surface area contributed by atoms with E-state index in [4.69, 9.17) is 11.6 Å². The van der Waals surface area contributed by atoms with E-state index in [1.54, 1.807) is 0 Å². The normalized spacial score (nSPS) is 11.4. The third-order valence-electron chi connectivity index (χ3n) is 2.86. The summed E-state index contributed by atoms with van der Waals surface area (Å²) < 4.78 is 38.6. The van der Waals surface area contributed by atoms with E-state index in [1.807, 2.05) is 30.3 Å². The maximum absolute atomic E-state index is 12.9. The molecular weight excluding hydrogens is 287 g/mol. The molecule has 0 fully saturated rings. The fraction of sp³-hybridized carbons (Fsp3) is 0.200. The summed E-state index contributed by atoms with van der Waals surface area (Å²) in [5.74, 6) is 0. The van der Waals surface area contributed by atoms with Crippen molar-refractivity contribution in [1.82, 2.24) is 0 Å². The molecule has 0 amide bonds. The van der Waals surface area contributed by atoms with Gasteiger partial charge in [-0.2, -0.15) is 13.2 Å². The molecule has 0 aliphatic heterocycles. The van der Waals surface area contributed by atoms with E-state index in [1.165, 1.54) is 12.1 Å². The number of hydrogen-bond acceptors (Lipinski definition) is 1. The van der Waals surface area contributed by atoms with E-state index >= 15 is 0 Å². The molecule has 106 valence electrons. The summed E-state index contributed by atoms with van der Waals surface area (Å²) in [6.07, 6.45) is -3.76. The van der Waals surface area contributed by atoms with Crippen molar-refractivity contribution in [3.05, 3.63) is 64.7 Å². The van der Waals surface area contributed by atoms with Gasteiger partial charge in [-0.05, 0) is 30.2 Å². The van der Waals surface area contributed by atoms with Crippen molar-refractivity contribution < 1.29 is 13.2 Å². The number of benzene rings is 2. The molecule has 2 aromatic rings. The van der Waals surface area contributed by atoms with Crippen LogP contribution in [0, 0.1) is 0 Å². The predicted molar refractivity (Wildman–Crippen MR) is 75.1 cm³/mol. The molecule has 1 nitrogen and oxygen atoms in total. The predicted octanol–water partition coefficient (Wildman–Crippen LogP) is 5.01. The number of alkyl halides is 3. The zero-order valence-electron chi connectivity index (χ0n) is 10.5. The number of halogens is 4. The van der Waals surface area contributed by atoms with Gasteiger partial charge in [0.1, 0.15) is 0 Å². The van der Waals surface area contributed by atoms with Crippen molar-refractivity contribution in [3.63, 3.8) is 0 Å². The van der Waals surface area contributed by atoms with Gasteiger partial charge in [-0.1, -0.05) is 41.9 Å². The summed E-state index contributed by atoms with van der Waals surface area (Å²) in [4.78, 5) is 0. The Hall–Kier alpha value is -1.68. The molecule has 5 heteroatoms. The minimum atomic E-state index is -4.42. The molecule has 0 bridgehead atoms. The largest absolute Gasteiger partial charge is 0.418 e. The van der Waals surface area contributed by atoms with Gasteiger partial charge in [-0.3, -0.25) is 0 Å². The molecule has 0 spiro atoms. The van der Waals surface area contributed by atoms with Gasteiger partial charge in [0, 0.05) is 17.3 Å². The van der Waals surface area contributed by atoms with E-state index in [2.05, 4.69) is 5.32 Å². The Bertz CT molecular complexity index is 567. The monoisotopic (exact) mass is 299 g/mol. The van der Waals surface area contributed by atoms with E-state index < -0.39 is 11.7 Å². The van der Waals surface area contributed by atoms with Crippen LogP contribution < -0.4 is 5.32 Å². The molecule has 0 atom stereocenters. The Kier molecular flexibility index (Phi) is 4.55. The first kappa shape index (κ1) is 14.7. The third kappa shape index (κ3) is 3.90. The summed E-state index contributed by atoms with van der Waals surface area (Å²) >= 11 is 5.63. The van der Waals surface area contributed by atoms with Gasteiger partial charge in [-0.15, -0.1) is 0 Å². The Balaban J connectivity index is 2.06. The Morgan fingerprint density at radius 3 is 2.35 bits per heavy atom. The number of hydrogen-bond donors (Lipinski definition) is 1. The molecule has 1 N–H and O–H groups in total. The highest BCUT2D eigenvalue weighted by Crippen LogP contribution is 2.36. The molecule has 0 radical (unpaired) electrons. The first-order valence-corrected chi connectivity index (χ1v) is 6.49. The highest BCUT2D eigenvalue weighted by Gasteiger charge is 2.33. The smallest absolute Gasteiger partial charge is 0.384 e. The van der Waals surface area contributed by atoms with Crippen LogP contribution in [0.2, 0.25) is 5.02 Å². The van der Waals surface area contributed by atoms with Gasteiger partial charge in [-0.25, -0.2) is 0 Å². The van der Waals surface area contributed by atoms with Crippen molar-refractivity contribution in [3.8, 4) is 0 Å². The number of rotatable bonds is 4. The highest BCUT2D eigenvalue weighted by atomic mass is 35.5. The van der Waals surface area contributed by atoms with Crippen LogP contribution >= 0.6 is 11.6 Å². The standard InChI is InChI=1S/C15H13ClF3N/c16-12-6-7-14(13(10-12)15(17,18)19)20-9-8-11-4-2-1-3-5-11/h1-7,10,20H,8-9H2. The average Bonchev–Trinajstić information content (AvgIpc) is 2.40. The third-order valence-corrected chi connectivity index (χ3v) is 3.09. The zero-order chi connectivity index (χ0) is 14.6. The Morgan fingerprint density at radius 2 is 1.70 bits per heavy atom. The summed E-state index contributed by atoms with van der Waals surface area (Å²) in [6, 6.07) is 13.3. The quantitative estimate of drug-likeness (QED) is 0.836. The number of anilines is 1. The molecule has 0 aliphatic carbocycles. The van der Waals surface area contributed by atoms with E-state index in [0.29, 0.717) is 13.0 Å². The fourth-order valence-corrected chi connectivity index (χ4v) is 2.06. The second-order valence-electron chi connectivity index (χ2n) is 4.35. The van der Waals surface area contributed by atoms with Crippen LogP contribution in [0.5, 0.6) is 0 Å². The lowest BCUT2D eigenvalue weighted by Crippen LogP contribution is -2.12. The van der Waals surface area contributed by atoms with Crippen molar-refractivity contribution in [2.24, 2.45) is 0 Å². The molecule has 2 aromatic carbocycles. The van der Waals surface area contributed by atoms with Crippen LogP contribution in [0.25, 0.3) is 0 Å². The molecule has 0 saturated heterocycles. The minimum Gasteiger partial charge on any atom is -0.384 e. The van der Waals surface area contributed by atoms with Gasteiger partial charge in [0.05, 0.1) is 5.56 Å². The summed E-state index contributed by atoms with van der Waals surface area (Å²) in [5, 5.41) is 2.89. The molecule has 0 saturated carbocycles. The van der Waals surface area contributed by atoms with Crippen molar-refractivity contribution in [2.45, 2.75) is 12.6 Å². The second kappa shape index (κ2) is 6.18. The van der Waals surface area contributed by atoms with Gasteiger partial charge in [0.15, 0.2) is 0 Å². The van der Waals surface area contributed by atoms with Crippen molar-refractivity contribution in [2.75, 3.05) is 11.9 Å². The van der Waals surface area contributed by atoms with Crippen LogP contribution in [0.3, 0.4) is 0 Å². The van der Waals surface area contributed by atoms with E-state index in [0.717, 1.165) is 11.6 Å². The van der Waals surface area contributed by atoms with Crippen molar-refractivity contribution >= 4 is 17.3 Å².